The van der Waals surface area contributed by atoms with Gasteiger partial charge in [-0.25, -0.2) is 4.79 Å². The summed E-state index contributed by atoms with van der Waals surface area (Å²) >= 11 is 0. The first kappa shape index (κ1) is 20.7. The second-order valence-corrected chi connectivity index (χ2v) is 7.61. The Morgan fingerprint density at radius 1 is 1.13 bits per heavy atom. The molecule has 1 atom stereocenters. The number of rotatable bonds is 6. The molecule has 160 valence electrons. The smallest absolute Gasteiger partial charge is 0.338 e. The minimum atomic E-state index is -0.750. The molecule has 31 heavy (non-hydrogen) atoms. The molecular weight excluding hydrogens is 400 g/mol. The van der Waals surface area contributed by atoms with E-state index in [1.165, 1.54) is 18.2 Å². The van der Waals surface area contributed by atoms with Crippen LogP contribution in [-0.2, 0) is 14.3 Å². The van der Waals surface area contributed by atoms with Crippen LogP contribution in [0.15, 0.2) is 42.5 Å². The van der Waals surface area contributed by atoms with E-state index in [1.807, 2.05) is 19.1 Å². The first-order chi connectivity index (χ1) is 14.9. The molecule has 0 bridgehead atoms. The van der Waals surface area contributed by atoms with Crippen molar-refractivity contribution in [1.82, 2.24) is 4.90 Å². The van der Waals surface area contributed by atoms with E-state index in [1.54, 1.807) is 12.1 Å². The fraction of sp³-hybridized carbons (Fsp3) is 0.304. The largest absolute Gasteiger partial charge is 0.452 e. The molecule has 0 radical (unpaired) electrons. The highest BCUT2D eigenvalue weighted by molar-refractivity contribution is 6.22. The van der Waals surface area contributed by atoms with Crippen molar-refractivity contribution in [2.45, 2.75) is 25.9 Å². The first-order valence-corrected chi connectivity index (χ1v) is 10.1. The molecule has 3 amide bonds. The molecule has 0 spiro atoms. The molecule has 1 saturated heterocycles. The van der Waals surface area contributed by atoms with Gasteiger partial charge in [-0.2, -0.15) is 0 Å². The zero-order valence-electron chi connectivity index (χ0n) is 17.1. The molecule has 2 heterocycles. The molecule has 2 aromatic carbocycles. The Hall–Kier alpha value is -3.52. The van der Waals surface area contributed by atoms with Gasteiger partial charge in [0.05, 0.1) is 29.3 Å². The van der Waals surface area contributed by atoms with Crippen molar-refractivity contribution < 1.29 is 28.7 Å². The maximum Gasteiger partial charge on any atom is 0.338 e. The third-order valence-electron chi connectivity index (χ3n) is 5.25. The number of benzene rings is 2. The van der Waals surface area contributed by atoms with Crippen LogP contribution in [0.5, 0.6) is 0 Å². The lowest BCUT2D eigenvalue weighted by molar-refractivity contribution is -0.119. The van der Waals surface area contributed by atoms with Gasteiger partial charge < -0.3 is 14.8 Å². The zero-order valence-corrected chi connectivity index (χ0v) is 17.1. The summed E-state index contributed by atoms with van der Waals surface area (Å²) in [5.74, 6) is -2.08. The van der Waals surface area contributed by atoms with Crippen molar-refractivity contribution in [2.24, 2.45) is 0 Å². The lowest BCUT2D eigenvalue weighted by Gasteiger charge is -2.17. The summed E-state index contributed by atoms with van der Waals surface area (Å²) in [5, 5.41) is 2.65. The molecule has 4 rings (SSSR count). The number of aryl methyl sites for hydroxylation is 1. The molecule has 1 fully saturated rings. The van der Waals surface area contributed by atoms with Crippen LogP contribution in [0.25, 0.3) is 0 Å². The van der Waals surface area contributed by atoms with Crippen molar-refractivity contribution in [3.63, 3.8) is 0 Å². The maximum absolute atomic E-state index is 12.7. The number of imide groups is 1. The monoisotopic (exact) mass is 422 g/mol. The fourth-order valence-corrected chi connectivity index (χ4v) is 3.71. The molecule has 8 nitrogen and oxygen atoms in total. The van der Waals surface area contributed by atoms with Crippen LogP contribution in [0.2, 0.25) is 0 Å². The standard InChI is InChI=1S/C23H22N2O6/c1-14-4-2-5-16(10-14)24-20(26)13-31-23(29)15-7-8-18-19(11-15)22(28)25(21(18)27)12-17-6-3-9-30-17/h2,4-5,7-8,10-11,17H,3,6,9,12-13H2,1H3,(H,24,26)/t17-/m1/s1. The van der Waals surface area contributed by atoms with Crippen LogP contribution >= 0.6 is 0 Å². The highest BCUT2D eigenvalue weighted by Crippen LogP contribution is 2.26. The Kier molecular flexibility index (Phi) is 5.81. The van der Waals surface area contributed by atoms with Crippen molar-refractivity contribution in [3.05, 3.63) is 64.7 Å². The fourth-order valence-electron chi connectivity index (χ4n) is 3.71. The van der Waals surface area contributed by atoms with E-state index in [0.29, 0.717) is 12.3 Å². The lowest BCUT2D eigenvalue weighted by atomic mass is 10.1. The predicted molar refractivity (Wildman–Crippen MR) is 111 cm³/mol. The molecule has 8 heteroatoms. The van der Waals surface area contributed by atoms with Crippen LogP contribution in [-0.4, -0.2) is 54.5 Å². The molecule has 0 aromatic heterocycles. The quantitative estimate of drug-likeness (QED) is 0.567. The number of carbonyl (C=O) groups is 4. The molecule has 2 aliphatic rings. The number of fused-ring (bicyclic) bond motifs is 1. The van der Waals surface area contributed by atoms with E-state index in [-0.39, 0.29) is 29.3 Å². The summed E-state index contributed by atoms with van der Waals surface area (Å²) in [6.07, 6.45) is 1.55. The minimum absolute atomic E-state index is 0.0993. The molecule has 2 aliphatic heterocycles. The van der Waals surface area contributed by atoms with Crippen LogP contribution in [0, 0.1) is 6.92 Å². The average molecular weight is 422 g/mol. The van der Waals surface area contributed by atoms with E-state index >= 15 is 0 Å². The van der Waals surface area contributed by atoms with Crippen LogP contribution in [0.4, 0.5) is 5.69 Å². The maximum atomic E-state index is 12.7. The van der Waals surface area contributed by atoms with Crippen molar-refractivity contribution in [1.29, 1.82) is 0 Å². The van der Waals surface area contributed by atoms with Gasteiger partial charge in [0.25, 0.3) is 17.7 Å². The zero-order chi connectivity index (χ0) is 22.0. The summed E-state index contributed by atoms with van der Waals surface area (Å²) < 4.78 is 10.6. The van der Waals surface area contributed by atoms with E-state index in [0.717, 1.165) is 23.3 Å². The van der Waals surface area contributed by atoms with Crippen molar-refractivity contribution in [3.8, 4) is 0 Å². The summed E-state index contributed by atoms with van der Waals surface area (Å²) in [6.45, 7) is 2.26. The Morgan fingerprint density at radius 3 is 2.68 bits per heavy atom. The van der Waals surface area contributed by atoms with Crippen LogP contribution in [0.1, 0.15) is 49.5 Å². The second-order valence-electron chi connectivity index (χ2n) is 7.61. The highest BCUT2D eigenvalue weighted by atomic mass is 16.5. The van der Waals surface area contributed by atoms with Gasteiger partial charge in [-0.05, 0) is 55.7 Å². The summed E-state index contributed by atoms with van der Waals surface area (Å²) in [5.41, 5.74) is 2.09. The van der Waals surface area contributed by atoms with E-state index in [9.17, 15) is 19.2 Å². The van der Waals surface area contributed by atoms with E-state index < -0.39 is 30.3 Å². The molecular formula is C23H22N2O6. The van der Waals surface area contributed by atoms with E-state index in [4.69, 9.17) is 9.47 Å². The third kappa shape index (κ3) is 4.49. The van der Waals surface area contributed by atoms with Gasteiger partial charge in [0, 0.05) is 12.3 Å². The highest BCUT2D eigenvalue weighted by Gasteiger charge is 2.38. The van der Waals surface area contributed by atoms with Crippen molar-refractivity contribution in [2.75, 3.05) is 25.1 Å². The van der Waals surface area contributed by atoms with E-state index in [2.05, 4.69) is 5.32 Å². The lowest BCUT2D eigenvalue weighted by Crippen LogP contribution is -2.36. The van der Waals surface area contributed by atoms with Gasteiger partial charge in [0.15, 0.2) is 6.61 Å². The topological polar surface area (TPSA) is 102 Å². The Morgan fingerprint density at radius 2 is 1.94 bits per heavy atom. The number of nitrogens with one attached hydrogen (secondary N) is 1. The number of hydrogen-bond donors (Lipinski definition) is 1. The van der Waals surface area contributed by atoms with Crippen molar-refractivity contribution >= 4 is 29.4 Å². The van der Waals surface area contributed by atoms with Gasteiger partial charge in [-0.15, -0.1) is 0 Å². The summed E-state index contributed by atoms with van der Waals surface area (Å²) in [7, 11) is 0. The normalized spacial score (nSPS) is 17.6. The number of ether oxygens (including phenoxy) is 2. The molecule has 2 aromatic rings. The molecule has 0 unspecified atom stereocenters. The van der Waals surface area contributed by atoms with Gasteiger partial charge in [0.1, 0.15) is 0 Å². The number of hydrogen-bond acceptors (Lipinski definition) is 6. The minimum Gasteiger partial charge on any atom is -0.452 e. The Balaban J connectivity index is 1.38. The van der Waals surface area contributed by atoms with Crippen LogP contribution < -0.4 is 5.32 Å². The predicted octanol–water partition coefficient (Wildman–Crippen LogP) is 2.57. The molecule has 0 saturated carbocycles. The molecule has 0 aliphatic carbocycles. The third-order valence-corrected chi connectivity index (χ3v) is 5.25. The first-order valence-electron chi connectivity index (χ1n) is 10.1. The Labute approximate surface area is 179 Å². The number of anilines is 1. The van der Waals surface area contributed by atoms with Gasteiger partial charge in [-0.1, -0.05) is 12.1 Å². The average Bonchev–Trinajstić information content (AvgIpc) is 3.35. The number of esters is 1. The SMILES string of the molecule is Cc1cccc(NC(=O)COC(=O)c2ccc3c(c2)C(=O)N(C[C@H]2CCCO2)C3=O)c1. The molecule has 1 N–H and O–H groups in total. The summed E-state index contributed by atoms with van der Waals surface area (Å²) in [6, 6.07) is 11.4. The van der Waals surface area contributed by atoms with Gasteiger partial charge >= 0.3 is 5.97 Å². The Bertz CT molecular complexity index is 1060. The number of carbonyl (C=O) groups excluding carboxylic acids is 4. The summed E-state index contributed by atoms with van der Waals surface area (Å²) in [4.78, 5) is 50.8. The second kappa shape index (κ2) is 8.69. The van der Waals surface area contributed by atoms with Gasteiger partial charge in [0.2, 0.25) is 0 Å². The van der Waals surface area contributed by atoms with Crippen LogP contribution in [0.3, 0.4) is 0 Å². The van der Waals surface area contributed by atoms with Gasteiger partial charge in [-0.3, -0.25) is 19.3 Å². The number of amides is 3. The number of nitrogens with zero attached hydrogens (tertiary/aromatic N) is 1.